The maximum absolute atomic E-state index is 12.8. The molecule has 0 amide bonds. The molecule has 0 radical (unpaired) electrons. The van der Waals surface area contributed by atoms with Gasteiger partial charge in [0.25, 0.3) is 0 Å². The van der Waals surface area contributed by atoms with E-state index in [0.717, 1.165) is 11.6 Å². The second-order valence-electron chi connectivity index (χ2n) is 5.72. The summed E-state index contributed by atoms with van der Waals surface area (Å²) in [5.74, 6) is 0. The predicted octanol–water partition coefficient (Wildman–Crippen LogP) is 0.645. The first-order valence-corrected chi connectivity index (χ1v) is 10.8. The lowest BCUT2D eigenvalue weighted by Gasteiger charge is -2.19. The number of hydrogen-bond donors (Lipinski definition) is 2. The van der Waals surface area contributed by atoms with Crippen LogP contribution >= 0.6 is 0 Å². The van der Waals surface area contributed by atoms with E-state index in [-0.39, 0.29) is 16.3 Å². The van der Waals surface area contributed by atoms with Crippen molar-refractivity contribution < 1.29 is 16.8 Å². The minimum atomic E-state index is -4.03. The van der Waals surface area contributed by atoms with Gasteiger partial charge in [-0.2, -0.15) is 5.10 Å². The van der Waals surface area contributed by atoms with E-state index >= 15 is 0 Å². The van der Waals surface area contributed by atoms with E-state index in [1.165, 1.54) is 35.5 Å². The first-order valence-electron chi connectivity index (χ1n) is 7.78. The van der Waals surface area contributed by atoms with Crippen LogP contribution in [0.2, 0.25) is 0 Å². The Hall–Kier alpha value is -2.60. The molecule has 9 nitrogen and oxygen atoms in total. The molecule has 11 heteroatoms. The maximum Gasteiger partial charge on any atom is 0.241 e. The number of benzene rings is 2. The summed E-state index contributed by atoms with van der Waals surface area (Å²) in [4.78, 5) is 3.38. The molecule has 0 fully saturated rings. The van der Waals surface area contributed by atoms with Gasteiger partial charge in [-0.1, -0.05) is 36.4 Å². The van der Waals surface area contributed by atoms with Gasteiger partial charge in [-0.3, -0.25) is 4.68 Å². The molecule has 3 N–H and O–H groups in total. The van der Waals surface area contributed by atoms with E-state index in [0.29, 0.717) is 0 Å². The van der Waals surface area contributed by atoms with Gasteiger partial charge in [-0.05, 0) is 23.8 Å². The van der Waals surface area contributed by atoms with Crippen LogP contribution in [0.3, 0.4) is 0 Å². The van der Waals surface area contributed by atoms with Crippen molar-refractivity contribution in [1.82, 2.24) is 19.5 Å². The van der Waals surface area contributed by atoms with Gasteiger partial charge in [0, 0.05) is 0 Å². The van der Waals surface area contributed by atoms with Crippen LogP contribution in [0.25, 0.3) is 0 Å². The van der Waals surface area contributed by atoms with Gasteiger partial charge in [-0.15, -0.1) is 0 Å². The van der Waals surface area contributed by atoms with Crippen molar-refractivity contribution in [2.24, 2.45) is 5.14 Å². The summed E-state index contributed by atoms with van der Waals surface area (Å²) in [5, 5.41) is 9.10. The predicted molar refractivity (Wildman–Crippen MR) is 97.3 cm³/mol. The van der Waals surface area contributed by atoms with Crippen molar-refractivity contribution in [2.45, 2.75) is 22.4 Å². The molecule has 3 aromatic rings. The molecule has 0 aliphatic carbocycles. The number of aromatic nitrogens is 3. The van der Waals surface area contributed by atoms with Gasteiger partial charge < -0.3 is 0 Å². The zero-order valence-corrected chi connectivity index (χ0v) is 15.6. The van der Waals surface area contributed by atoms with E-state index in [1.54, 1.807) is 24.3 Å². The molecule has 1 unspecified atom stereocenters. The van der Waals surface area contributed by atoms with Crippen molar-refractivity contribution in [1.29, 1.82) is 0 Å². The maximum atomic E-state index is 12.8. The molecule has 0 aliphatic rings. The quantitative estimate of drug-likeness (QED) is 0.590. The molecule has 0 saturated heterocycles. The molecule has 0 spiro atoms. The largest absolute Gasteiger partial charge is 0.251 e. The molecule has 2 aromatic carbocycles. The number of nitrogens with one attached hydrogen (secondary N) is 1. The summed E-state index contributed by atoms with van der Waals surface area (Å²) >= 11 is 0. The van der Waals surface area contributed by atoms with Crippen molar-refractivity contribution >= 4 is 20.0 Å². The zero-order valence-electron chi connectivity index (χ0n) is 14.0. The minimum Gasteiger partial charge on any atom is -0.251 e. The number of nitrogens with two attached hydrogens (primary N) is 1. The summed E-state index contributed by atoms with van der Waals surface area (Å²) in [6, 6.07) is 13.2. The molecule has 1 aromatic heterocycles. The Morgan fingerprint density at radius 2 is 1.70 bits per heavy atom. The molecule has 1 atom stereocenters. The number of primary sulfonamides is 1. The lowest BCUT2D eigenvalue weighted by Crippen LogP contribution is -2.32. The first-order chi connectivity index (χ1) is 12.8. The fourth-order valence-corrected chi connectivity index (χ4v) is 4.38. The third-order valence-corrected chi connectivity index (χ3v) is 6.16. The summed E-state index contributed by atoms with van der Waals surface area (Å²) in [6.07, 6.45) is 2.83. The second kappa shape index (κ2) is 7.56. The molecule has 27 heavy (non-hydrogen) atoms. The van der Waals surface area contributed by atoms with Gasteiger partial charge in [0.2, 0.25) is 20.0 Å². The average molecular weight is 407 g/mol. The van der Waals surface area contributed by atoms with Crippen LogP contribution in [0.5, 0.6) is 0 Å². The smallest absolute Gasteiger partial charge is 0.241 e. The number of nitrogens with zero attached hydrogens (tertiary/aromatic N) is 3. The van der Waals surface area contributed by atoms with Crippen molar-refractivity contribution in [3.05, 3.63) is 72.8 Å². The number of sulfonamides is 2. The Labute approximate surface area is 157 Å². The SMILES string of the molecule is NS(=O)(=O)c1cccc(S(=O)(=O)NC(Cn2cncn2)c2ccccc2)c1. The Kier molecular flexibility index (Phi) is 5.37. The molecule has 1 heterocycles. The van der Waals surface area contributed by atoms with Gasteiger partial charge in [0.05, 0.1) is 22.4 Å². The van der Waals surface area contributed by atoms with E-state index in [9.17, 15) is 16.8 Å². The van der Waals surface area contributed by atoms with Gasteiger partial charge >= 0.3 is 0 Å². The van der Waals surface area contributed by atoms with Crippen LogP contribution < -0.4 is 9.86 Å². The summed E-state index contributed by atoms with van der Waals surface area (Å²) in [5.41, 5.74) is 0.721. The Balaban J connectivity index is 1.95. The standard InChI is InChI=1S/C16H17N5O4S2/c17-26(22,23)14-7-4-8-15(9-14)27(24,25)20-16(10-21-12-18-11-19-21)13-5-2-1-3-6-13/h1-9,11-12,16,20H,10H2,(H2,17,22,23). The molecule has 0 saturated carbocycles. The summed E-state index contributed by atoms with van der Waals surface area (Å²) in [7, 11) is -8.05. The summed E-state index contributed by atoms with van der Waals surface area (Å²) in [6.45, 7) is 0.206. The van der Waals surface area contributed by atoms with Crippen LogP contribution in [0.15, 0.2) is 77.0 Å². The lowest BCUT2D eigenvalue weighted by molar-refractivity contribution is 0.482. The third-order valence-electron chi connectivity index (χ3n) is 3.78. The number of hydrogen-bond acceptors (Lipinski definition) is 6. The topological polar surface area (TPSA) is 137 Å². The van der Waals surface area contributed by atoms with Crippen LogP contribution in [0.1, 0.15) is 11.6 Å². The number of rotatable bonds is 7. The lowest BCUT2D eigenvalue weighted by atomic mass is 10.1. The van der Waals surface area contributed by atoms with Crippen molar-refractivity contribution in [3.63, 3.8) is 0 Å². The highest BCUT2D eigenvalue weighted by atomic mass is 32.2. The van der Waals surface area contributed by atoms with Gasteiger partial charge in [0.15, 0.2) is 0 Å². The monoisotopic (exact) mass is 407 g/mol. The molecular weight excluding hydrogens is 390 g/mol. The van der Waals surface area contributed by atoms with Crippen LogP contribution in [-0.4, -0.2) is 31.6 Å². The zero-order chi connectivity index (χ0) is 19.5. The molecule has 3 rings (SSSR count). The highest BCUT2D eigenvalue weighted by Gasteiger charge is 2.23. The van der Waals surface area contributed by atoms with Crippen LogP contribution in [0.4, 0.5) is 0 Å². The third kappa shape index (κ3) is 4.77. The molecule has 0 bridgehead atoms. The highest BCUT2D eigenvalue weighted by Crippen LogP contribution is 2.20. The molecule has 142 valence electrons. The van der Waals surface area contributed by atoms with E-state index in [1.807, 2.05) is 6.07 Å². The minimum absolute atomic E-state index is 0.200. The summed E-state index contributed by atoms with van der Waals surface area (Å²) < 4.78 is 52.8. The van der Waals surface area contributed by atoms with Crippen LogP contribution in [-0.2, 0) is 26.6 Å². The Morgan fingerprint density at radius 3 is 2.33 bits per heavy atom. The van der Waals surface area contributed by atoms with Gasteiger partial charge in [-0.25, -0.2) is 31.7 Å². The Morgan fingerprint density at radius 1 is 1.00 bits per heavy atom. The fraction of sp³-hybridized carbons (Fsp3) is 0.125. The first kappa shape index (κ1) is 19.2. The Bertz CT molecular complexity index is 1110. The van der Waals surface area contributed by atoms with Crippen LogP contribution in [0, 0.1) is 0 Å². The molecule has 0 aliphatic heterocycles. The van der Waals surface area contributed by atoms with Gasteiger partial charge in [0.1, 0.15) is 12.7 Å². The van der Waals surface area contributed by atoms with E-state index in [4.69, 9.17) is 5.14 Å². The molecular formula is C16H17N5O4S2. The van der Waals surface area contributed by atoms with Crippen molar-refractivity contribution in [2.75, 3.05) is 0 Å². The fourth-order valence-electron chi connectivity index (χ4n) is 2.48. The van der Waals surface area contributed by atoms with E-state index in [2.05, 4.69) is 14.8 Å². The van der Waals surface area contributed by atoms with Crippen molar-refractivity contribution in [3.8, 4) is 0 Å². The van der Waals surface area contributed by atoms with E-state index < -0.39 is 26.1 Å². The highest BCUT2D eigenvalue weighted by molar-refractivity contribution is 7.90. The second-order valence-corrected chi connectivity index (χ2v) is 9.00. The average Bonchev–Trinajstić information content (AvgIpc) is 3.14. The normalized spacial score (nSPS) is 13.4.